The lowest BCUT2D eigenvalue weighted by molar-refractivity contribution is -0.302. The van der Waals surface area contributed by atoms with Gasteiger partial charge >= 0.3 is 0 Å². The Morgan fingerprint density at radius 1 is 0.583 bits per heavy atom. The van der Waals surface area contributed by atoms with Crippen molar-refractivity contribution in [3.8, 4) is 0 Å². The van der Waals surface area contributed by atoms with Crippen molar-refractivity contribution in [1.29, 1.82) is 0 Å². The molecule has 7 unspecified atom stereocenters. The van der Waals surface area contributed by atoms with Gasteiger partial charge in [-0.1, -0.05) is 197 Å². The molecule has 0 aromatic rings. The molecule has 60 heavy (non-hydrogen) atoms. The molecule has 9 nitrogen and oxygen atoms in total. The largest absolute Gasteiger partial charge is 0.394 e. The monoisotopic (exact) mass is 846 g/mol. The summed E-state index contributed by atoms with van der Waals surface area (Å²) in [5.41, 5.74) is 0. The van der Waals surface area contributed by atoms with E-state index < -0.39 is 49.5 Å². The van der Waals surface area contributed by atoms with Gasteiger partial charge in [0, 0.05) is 6.42 Å². The number of carbonyl (C=O) groups is 1. The molecule has 1 heterocycles. The van der Waals surface area contributed by atoms with Crippen molar-refractivity contribution in [3.05, 3.63) is 60.8 Å². The molecule has 0 aromatic carbocycles. The van der Waals surface area contributed by atoms with Crippen LogP contribution in [0.15, 0.2) is 60.8 Å². The quantitative estimate of drug-likeness (QED) is 0.0264. The first-order valence-corrected chi connectivity index (χ1v) is 24.5. The molecule has 1 aliphatic heterocycles. The van der Waals surface area contributed by atoms with Gasteiger partial charge in [0.2, 0.25) is 5.91 Å². The molecular weight excluding hydrogens is 755 g/mol. The van der Waals surface area contributed by atoms with Crippen molar-refractivity contribution >= 4 is 5.91 Å². The molecule has 6 N–H and O–H groups in total. The Morgan fingerprint density at radius 2 is 1.03 bits per heavy atom. The fraction of sp³-hybridized carbons (Fsp3) is 0.784. The van der Waals surface area contributed by atoms with E-state index in [9.17, 15) is 30.3 Å². The second-order valence-electron chi connectivity index (χ2n) is 16.9. The van der Waals surface area contributed by atoms with Gasteiger partial charge in [-0.3, -0.25) is 4.79 Å². The minimum atomic E-state index is -1.57. The minimum absolute atomic E-state index is 0.184. The molecule has 9 heteroatoms. The second kappa shape index (κ2) is 40.9. The van der Waals surface area contributed by atoms with Crippen molar-refractivity contribution in [2.75, 3.05) is 13.2 Å². The Kier molecular flexibility index (Phi) is 38.1. The predicted octanol–water partition coefficient (Wildman–Crippen LogP) is 10.8. The molecule has 7 atom stereocenters. The van der Waals surface area contributed by atoms with Gasteiger partial charge in [-0.25, -0.2) is 0 Å². The number of nitrogens with one attached hydrogen (secondary N) is 1. The van der Waals surface area contributed by atoms with Gasteiger partial charge in [0.05, 0.1) is 25.4 Å². The summed E-state index contributed by atoms with van der Waals surface area (Å²) < 4.78 is 11.2. The SMILES string of the molecule is CC/C=C\C/C=C\C/C=C\C/C=C\CCCCCCCCCCCCC(=O)NC(COC1OC(CO)C(O)C(O)C1O)C(O)/C=C/CCCCCCCCCCCCCC. The summed E-state index contributed by atoms with van der Waals surface area (Å²) in [6.07, 6.45) is 46.9. The van der Waals surface area contributed by atoms with Gasteiger partial charge in [-0.2, -0.15) is 0 Å². The Labute approximate surface area is 366 Å². The van der Waals surface area contributed by atoms with Gasteiger partial charge in [-0.05, 0) is 57.8 Å². The van der Waals surface area contributed by atoms with Gasteiger partial charge in [0.25, 0.3) is 0 Å². The number of carbonyl (C=O) groups excluding carboxylic acids is 1. The summed E-state index contributed by atoms with van der Waals surface area (Å²) in [7, 11) is 0. The Hall–Kier alpha value is -2.11. The van der Waals surface area contributed by atoms with E-state index in [2.05, 4.69) is 67.8 Å². The number of rotatable bonds is 40. The van der Waals surface area contributed by atoms with Crippen LogP contribution in [0.25, 0.3) is 0 Å². The van der Waals surface area contributed by atoms with Crippen LogP contribution in [0.2, 0.25) is 0 Å². The Morgan fingerprint density at radius 3 is 1.53 bits per heavy atom. The van der Waals surface area contributed by atoms with Gasteiger partial charge in [0.1, 0.15) is 24.4 Å². The zero-order valence-electron chi connectivity index (χ0n) is 38.2. The minimum Gasteiger partial charge on any atom is -0.394 e. The summed E-state index contributed by atoms with van der Waals surface area (Å²) in [6.45, 7) is 3.65. The fourth-order valence-corrected chi connectivity index (χ4v) is 7.44. The highest BCUT2D eigenvalue weighted by molar-refractivity contribution is 5.76. The molecular formula is C51H91NO8. The molecule has 0 aromatic heterocycles. The topological polar surface area (TPSA) is 149 Å². The van der Waals surface area contributed by atoms with E-state index in [0.717, 1.165) is 70.6 Å². The third-order valence-electron chi connectivity index (χ3n) is 11.3. The average molecular weight is 846 g/mol. The molecule has 1 aliphatic rings. The zero-order valence-corrected chi connectivity index (χ0v) is 38.2. The first kappa shape index (κ1) is 55.9. The third kappa shape index (κ3) is 30.8. The summed E-state index contributed by atoms with van der Waals surface area (Å²) >= 11 is 0. The number of unbranched alkanes of at least 4 members (excludes halogenated alkanes) is 22. The number of aliphatic hydroxyl groups is 5. The highest BCUT2D eigenvalue weighted by Gasteiger charge is 2.44. The molecule has 0 aliphatic carbocycles. The van der Waals surface area contributed by atoms with Crippen LogP contribution in [-0.2, 0) is 14.3 Å². The smallest absolute Gasteiger partial charge is 0.220 e. The van der Waals surface area contributed by atoms with Crippen LogP contribution in [0.4, 0.5) is 0 Å². The number of ether oxygens (including phenoxy) is 2. The molecule has 0 radical (unpaired) electrons. The van der Waals surface area contributed by atoms with Crippen LogP contribution < -0.4 is 5.32 Å². The van der Waals surface area contributed by atoms with E-state index in [0.29, 0.717) is 6.42 Å². The summed E-state index contributed by atoms with van der Waals surface area (Å²) in [4.78, 5) is 13.0. The predicted molar refractivity (Wildman–Crippen MR) is 249 cm³/mol. The lowest BCUT2D eigenvalue weighted by Gasteiger charge is -2.40. The number of allylic oxidation sites excluding steroid dienone is 9. The first-order valence-electron chi connectivity index (χ1n) is 24.5. The van der Waals surface area contributed by atoms with E-state index in [-0.39, 0.29) is 12.5 Å². The number of hydrogen-bond acceptors (Lipinski definition) is 8. The fourth-order valence-electron chi connectivity index (χ4n) is 7.44. The maximum Gasteiger partial charge on any atom is 0.220 e. The van der Waals surface area contributed by atoms with Gasteiger partial charge < -0.3 is 40.3 Å². The van der Waals surface area contributed by atoms with Crippen molar-refractivity contribution in [2.45, 2.75) is 243 Å². The van der Waals surface area contributed by atoms with Crippen LogP contribution in [-0.4, -0.2) is 87.5 Å². The van der Waals surface area contributed by atoms with E-state index >= 15 is 0 Å². The van der Waals surface area contributed by atoms with Crippen LogP contribution in [0.5, 0.6) is 0 Å². The number of aliphatic hydroxyl groups excluding tert-OH is 5. The summed E-state index contributed by atoms with van der Waals surface area (Å²) in [5, 5.41) is 54.3. The standard InChI is InChI=1S/C51H91NO8/c1-3-5-7-9-11-13-15-17-19-20-21-22-23-24-25-26-27-29-31-33-35-37-39-41-47(55)52-44(43-59-51-50(58)49(57)48(56)46(42-53)60-51)45(54)40-38-36-34-32-30-28-18-16-14-12-10-8-6-4-2/h5,7,11,13,17,19,21-22,38,40,44-46,48-51,53-54,56-58H,3-4,6,8-10,12,14-16,18,20,23-37,39,41-43H2,1-2H3,(H,52,55)/b7-5-,13-11-,19-17-,22-21-,40-38+. The Balaban J connectivity index is 2.30. The van der Waals surface area contributed by atoms with Crippen molar-refractivity contribution in [1.82, 2.24) is 5.32 Å². The third-order valence-corrected chi connectivity index (χ3v) is 11.3. The van der Waals surface area contributed by atoms with Crippen LogP contribution in [0.1, 0.15) is 200 Å². The van der Waals surface area contributed by atoms with E-state index in [1.807, 2.05) is 6.08 Å². The lowest BCUT2D eigenvalue weighted by atomic mass is 9.99. The van der Waals surface area contributed by atoms with Crippen molar-refractivity contribution in [2.24, 2.45) is 0 Å². The van der Waals surface area contributed by atoms with E-state index in [1.54, 1.807) is 6.08 Å². The van der Waals surface area contributed by atoms with E-state index in [1.165, 1.54) is 109 Å². The molecule has 0 bridgehead atoms. The first-order chi connectivity index (χ1) is 29.3. The van der Waals surface area contributed by atoms with Crippen LogP contribution in [0.3, 0.4) is 0 Å². The van der Waals surface area contributed by atoms with Crippen LogP contribution >= 0.6 is 0 Å². The highest BCUT2D eigenvalue weighted by atomic mass is 16.7. The maximum absolute atomic E-state index is 13.0. The molecule has 0 spiro atoms. The van der Waals surface area contributed by atoms with Gasteiger partial charge in [-0.15, -0.1) is 0 Å². The molecule has 348 valence electrons. The van der Waals surface area contributed by atoms with Crippen LogP contribution in [0, 0.1) is 0 Å². The van der Waals surface area contributed by atoms with Gasteiger partial charge in [0.15, 0.2) is 6.29 Å². The molecule has 1 saturated heterocycles. The highest BCUT2D eigenvalue weighted by Crippen LogP contribution is 2.23. The van der Waals surface area contributed by atoms with E-state index in [4.69, 9.17) is 9.47 Å². The lowest BCUT2D eigenvalue weighted by Crippen LogP contribution is -2.60. The second-order valence-corrected chi connectivity index (χ2v) is 16.9. The number of hydrogen-bond donors (Lipinski definition) is 6. The average Bonchev–Trinajstić information content (AvgIpc) is 3.25. The molecule has 0 saturated carbocycles. The summed E-state index contributed by atoms with van der Waals surface area (Å²) in [5.74, 6) is -0.184. The normalized spacial score (nSPS) is 21.1. The molecule has 1 rings (SSSR count). The Bertz CT molecular complexity index is 1120. The number of amides is 1. The zero-order chi connectivity index (χ0) is 43.7. The molecule has 1 amide bonds. The van der Waals surface area contributed by atoms with Crippen molar-refractivity contribution in [3.63, 3.8) is 0 Å². The van der Waals surface area contributed by atoms with Crippen molar-refractivity contribution < 1.29 is 39.8 Å². The summed E-state index contributed by atoms with van der Waals surface area (Å²) in [6, 6.07) is -0.808. The maximum atomic E-state index is 13.0. The molecule has 1 fully saturated rings.